The molecule has 4 saturated carbocycles. The molecule has 3 nitrogen and oxygen atoms in total. The van der Waals surface area contributed by atoms with E-state index in [4.69, 9.17) is 0 Å². The minimum atomic E-state index is -0.472. The minimum Gasteiger partial charge on any atom is -0.393 e. The van der Waals surface area contributed by atoms with Gasteiger partial charge in [0.15, 0.2) is 0 Å². The second-order valence-corrected chi connectivity index (χ2v) is 14.8. The smallest absolute Gasteiger partial charge is 0.0632 e. The van der Waals surface area contributed by atoms with E-state index in [1.165, 1.54) is 12.8 Å². The molecular weight excluding hydrogens is 408 g/mol. The Labute approximate surface area is 202 Å². The van der Waals surface area contributed by atoms with Crippen LogP contribution in [-0.2, 0) is 0 Å². The summed E-state index contributed by atoms with van der Waals surface area (Å²) in [6, 6.07) is 0. The van der Waals surface area contributed by atoms with E-state index in [-0.39, 0.29) is 33.7 Å². The number of hydrogen-bond donors (Lipinski definition) is 3. The second-order valence-electron chi connectivity index (χ2n) is 14.8. The van der Waals surface area contributed by atoms with Crippen molar-refractivity contribution in [3.8, 4) is 0 Å². The van der Waals surface area contributed by atoms with Gasteiger partial charge in [0.05, 0.1) is 18.3 Å². The van der Waals surface area contributed by atoms with Crippen LogP contribution in [0.15, 0.2) is 11.6 Å². The van der Waals surface area contributed by atoms with E-state index in [1.54, 1.807) is 5.57 Å². The summed E-state index contributed by atoms with van der Waals surface area (Å²) in [5.41, 5.74) is 1.38. The molecule has 4 fully saturated rings. The van der Waals surface area contributed by atoms with Crippen LogP contribution in [0.2, 0.25) is 0 Å². The van der Waals surface area contributed by atoms with Crippen LogP contribution in [0, 0.1) is 56.7 Å². The van der Waals surface area contributed by atoms with Crippen molar-refractivity contribution in [1.29, 1.82) is 0 Å². The number of rotatable bonds is 0. The quantitative estimate of drug-likeness (QED) is 0.392. The molecular formula is C30H50O3. The summed E-state index contributed by atoms with van der Waals surface area (Å²) >= 11 is 0. The topological polar surface area (TPSA) is 60.7 Å². The summed E-state index contributed by atoms with van der Waals surface area (Å²) in [5, 5.41) is 33.9. The number of aliphatic hydroxyl groups is 3. The molecule has 0 bridgehead atoms. The molecule has 0 aliphatic heterocycles. The van der Waals surface area contributed by atoms with E-state index < -0.39 is 17.6 Å². The summed E-state index contributed by atoms with van der Waals surface area (Å²) in [7, 11) is 0. The highest BCUT2D eigenvalue weighted by Crippen LogP contribution is 2.75. The molecule has 12 atom stereocenters. The average molecular weight is 459 g/mol. The van der Waals surface area contributed by atoms with E-state index in [2.05, 4.69) is 61.5 Å². The van der Waals surface area contributed by atoms with E-state index in [9.17, 15) is 15.3 Å². The summed E-state index contributed by atoms with van der Waals surface area (Å²) in [4.78, 5) is 0. The Bertz CT molecular complexity index is 847. The lowest BCUT2D eigenvalue weighted by Gasteiger charge is -2.72. The third kappa shape index (κ3) is 2.74. The molecule has 3 heteroatoms. The van der Waals surface area contributed by atoms with Gasteiger partial charge in [-0.25, -0.2) is 0 Å². The van der Waals surface area contributed by atoms with Gasteiger partial charge in [-0.2, -0.15) is 0 Å². The van der Waals surface area contributed by atoms with Crippen molar-refractivity contribution in [3.63, 3.8) is 0 Å². The molecule has 5 aliphatic carbocycles. The van der Waals surface area contributed by atoms with Crippen LogP contribution >= 0.6 is 0 Å². The summed E-state index contributed by atoms with van der Waals surface area (Å²) in [6.45, 7) is 19.0. The van der Waals surface area contributed by atoms with Crippen LogP contribution in [0.1, 0.15) is 100 Å². The molecule has 0 aromatic carbocycles. The van der Waals surface area contributed by atoms with Gasteiger partial charge in [0.25, 0.3) is 0 Å². The van der Waals surface area contributed by atoms with E-state index in [0.717, 1.165) is 32.1 Å². The molecule has 3 N–H and O–H groups in total. The first-order valence-electron chi connectivity index (χ1n) is 13.9. The van der Waals surface area contributed by atoms with Gasteiger partial charge >= 0.3 is 0 Å². The van der Waals surface area contributed by atoms with Crippen LogP contribution < -0.4 is 0 Å². The predicted octanol–water partition coefficient (Wildman–Crippen LogP) is 5.97. The van der Waals surface area contributed by atoms with E-state index >= 15 is 0 Å². The van der Waals surface area contributed by atoms with E-state index in [0.29, 0.717) is 23.7 Å². The molecule has 0 saturated heterocycles. The molecule has 33 heavy (non-hydrogen) atoms. The van der Waals surface area contributed by atoms with Gasteiger partial charge in [-0.05, 0) is 96.2 Å². The predicted molar refractivity (Wildman–Crippen MR) is 133 cm³/mol. The highest BCUT2D eigenvalue weighted by atomic mass is 16.3. The molecule has 0 heterocycles. The van der Waals surface area contributed by atoms with Gasteiger partial charge in [-0.3, -0.25) is 0 Å². The first kappa shape index (κ1) is 24.3. The first-order chi connectivity index (χ1) is 15.2. The van der Waals surface area contributed by atoms with Crippen molar-refractivity contribution in [2.45, 2.75) is 119 Å². The molecule has 5 rings (SSSR count). The number of fused-ring (bicyclic) bond motifs is 7. The standard InChI is InChI=1S/C30H50O3/c1-17-15-23(32)30(8)24(33)16-29(7)19(25(30)18(17)2)9-10-21-27(5)13-12-22(31)26(3,4)20(27)11-14-28(21,29)6/h9,17-18,20-25,31-33H,10-16H2,1-8H3/t17?,18?,20-,21+,22?,23?,24?,25-,27+,28-,29-,30-/m1/s1. The Morgan fingerprint density at radius 1 is 0.818 bits per heavy atom. The molecule has 0 aromatic heterocycles. The van der Waals surface area contributed by atoms with Crippen molar-refractivity contribution in [2.75, 3.05) is 0 Å². The van der Waals surface area contributed by atoms with Crippen LogP contribution in [0.25, 0.3) is 0 Å². The third-order valence-electron chi connectivity index (χ3n) is 13.6. The third-order valence-corrected chi connectivity index (χ3v) is 13.6. The van der Waals surface area contributed by atoms with Gasteiger partial charge in [0, 0.05) is 5.41 Å². The average Bonchev–Trinajstić information content (AvgIpc) is 2.71. The fraction of sp³-hybridized carbons (Fsp3) is 0.933. The van der Waals surface area contributed by atoms with Crippen molar-refractivity contribution in [1.82, 2.24) is 0 Å². The number of hydrogen-bond acceptors (Lipinski definition) is 3. The van der Waals surface area contributed by atoms with Crippen LogP contribution in [0.4, 0.5) is 0 Å². The van der Waals surface area contributed by atoms with Crippen LogP contribution in [0.5, 0.6) is 0 Å². The van der Waals surface area contributed by atoms with Crippen molar-refractivity contribution >= 4 is 0 Å². The van der Waals surface area contributed by atoms with Gasteiger partial charge in [-0.1, -0.05) is 67.0 Å². The number of aliphatic hydroxyl groups excluding tert-OH is 3. The molecule has 0 aromatic rings. The zero-order chi connectivity index (χ0) is 24.4. The molecule has 5 unspecified atom stereocenters. The fourth-order valence-electron chi connectivity index (χ4n) is 10.9. The lowest BCUT2D eigenvalue weighted by atomic mass is 9.33. The van der Waals surface area contributed by atoms with E-state index in [1.807, 2.05) is 0 Å². The zero-order valence-electron chi connectivity index (χ0n) is 22.5. The normalized spacial score (nSPS) is 60.0. The summed E-state index contributed by atoms with van der Waals surface area (Å²) < 4.78 is 0. The van der Waals surface area contributed by atoms with Gasteiger partial charge < -0.3 is 15.3 Å². The maximum Gasteiger partial charge on any atom is 0.0632 e. The highest BCUT2D eigenvalue weighted by molar-refractivity contribution is 5.35. The van der Waals surface area contributed by atoms with Crippen LogP contribution in [0.3, 0.4) is 0 Å². The molecule has 188 valence electrons. The SMILES string of the molecule is CC1CC(O)[C@]2(C)C(O)C[C@]3(C)C(=CC[C@H]4[C@@]5(C)CCC(O)C(C)(C)[C@H]5CC[C@]43C)[C@H]2C1C. The lowest BCUT2D eigenvalue weighted by molar-refractivity contribution is -0.227. The van der Waals surface area contributed by atoms with Crippen molar-refractivity contribution in [3.05, 3.63) is 11.6 Å². The Morgan fingerprint density at radius 3 is 2.15 bits per heavy atom. The number of allylic oxidation sites excluding steroid dienone is 2. The van der Waals surface area contributed by atoms with Crippen molar-refractivity contribution < 1.29 is 15.3 Å². The summed E-state index contributed by atoms with van der Waals surface area (Å²) in [5.74, 6) is 2.29. The second kappa shape index (κ2) is 7.10. The monoisotopic (exact) mass is 458 g/mol. The molecule has 0 amide bonds. The molecule has 0 spiro atoms. The largest absolute Gasteiger partial charge is 0.393 e. The maximum absolute atomic E-state index is 11.7. The van der Waals surface area contributed by atoms with Gasteiger partial charge in [0.1, 0.15) is 0 Å². The van der Waals surface area contributed by atoms with Gasteiger partial charge in [-0.15, -0.1) is 0 Å². The fourth-order valence-corrected chi connectivity index (χ4v) is 10.9. The molecule has 0 radical (unpaired) electrons. The Hall–Kier alpha value is -0.380. The highest BCUT2D eigenvalue weighted by Gasteiger charge is 2.70. The molecule has 5 aliphatic rings. The minimum absolute atomic E-state index is 0.0404. The Morgan fingerprint density at radius 2 is 1.48 bits per heavy atom. The lowest BCUT2D eigenvalue weighted by Crippen LogP contribution is -2.68. The van der Waals surface area contributed by atoms with Crippen LogP contribution in [-0.4, -0.2) is 33.6 Å². The Balaban J connectivity index is 1.63. The van der Waals surface area contributed by atoms with Crippen molar-refractivity contribution in [2.24, 2.45) is 56.7 Å². The summed E-state index contributed by atoms with van der Waals surface area (Å²) in [6.07, 6.45) is 8.52. The zero-order valence-corrected chi connectivity index (χ0v) is 22.5. The maximum atomic E-state index is 11.7. The Kier molecular flexibility index (Phi) is 5.23. The van der Waals surface area contributed by atoms with Gasteiger partial charge in [0.2, 0.25) is 0 Å². The first-order valence-corrected chi connectivity index (χ1v) is 13.9.